The van der Waals surface area contributed by atoms with Crippen molar-refractivity contribution in [3.8, 4) is 11.5 Å². The Morgan fingerprint density at radius 1 is 1.11 bits per heavy atom. The van der Waals surface area contributed by atoms with Crippen LogP contribution in [-0.2, 0) is 12.8 Å². The zero-order valence-corrected chi connectivity index (χ0v) is 17.5. The van der Waals surface area contributed by atoms with Crippen LogP contribution in [0, 0.1) is 0 Å². The van der Waals surface area contributed by atoms with Gasteiger partial charge < -0.3 is 14.2 Å². The Morgan fingerprint density at radius 2 is 1.93 bits per heavy atom. The highest BCUT2D eigenvalue weighted by atomic mass is 32.1. The molecule has 0 radical (unpaired) electrons. The summed E-state index contributed by atoms with van der Waals surface area (Å²) in [7, 11) is 4.32. The molecule has 1 atom stereocenters. The average molecular weight is 397 g/mol. The second-order valence-corrected chi connectivity index (χ2v) is 8.72. The molecule has 1 aliphatic rings. The topological polar surface area (TPSA) is 45.4 Å². The average Bonchev–Trinajstić information content (AvgIpc) is 3.47. The fraction of sp³-hybridized carbons (Fsp3) is 0.455. The molecule has 0 aliphatic carbocycles. The van der Waals surface area contributed by atoms with E-state index in [9.17, 15) is 0 Å². The molecule has 0 saturated carbocycles. The van der Waals surface area contributed by atoms with Crippen molar-refractivity contribution in [2.45, 2.75) is 38.1 Å². The molecule has 1 saturated heterocycles. The Bertz CT molecular complexity index is 857. The van der Waals surface area contributed by atoms with Crippen LogP contribution in [0.2, 0.25) is 0 Å². The number of unbranched alkanes of at least 4 members (excludes halogenated alkanes) is 1. The molecular weight excluding hydrogens is 368 g/mol. The summed E-state index contributed by atoms with van der Waals surface area (Å²) < 4.78 is 5.88. The molecule has 0 spiro atoms. The van der Waals surface area contributed by atoms with Crippen molar-refractivity contribution in [1.82, 2.24) is 15.1 Å². The maximum Gasteiger partial charge on any atom is 0.247 e. The predicted molar refractivity (Wildman–Crippen MR) is 115 cm³/mol. The molecule has 1 aliphatic heterocycles. The number of likely N-dealkylation sites (N-methyl/N-ethyl adjacent to an activating group) is 1. The molecule has 0 N–H and O–H groups in total. The maximum atomic E-state index is 5.88. The highest BCUT2D eigenvalue weighted by Gasteiger charge is 2.24. The van der Waals surface area contributed by atoms with Crippen LogP contribution in [0.3, 0.4) is 0 Å². The number of hydrogen-bond acceptors (Lipinski definition) is 6. The molecule has 3 heterocycles. The van der Waals surface area contributed by atoms with Crippen molar-refractivity contribution in [2.24, 2.45) is 0 Å². The quantitative estimate of drug-likeness (QED) is 0.525. The van der Waals surface area contributed by atoms with Gasteiger partial charge in [0.1, 0.15) is 0 Å². The minimum atomic E-state index is 0.618. The Labute approximate surface area is 171 Å². The molecule has 1 aromatic carbocycles. The van der Waals surface area contributed by atoms with E-state index in [4.69, 9.17) is 4.42 Å². The van der Waals surface area contributed by atoms with Gasteiger partial charge in [-0.15, -0.1) is 21.5 Å². The Hall–Kier alpha value is -2.18. The van der Waals surface area contributed by atoms with Crippen LogP contribution in [0.15, 0.2) is 46.2 Å². The van der Waals surface area contributed by atoms with Crippen molar-refractivity contribution in [2.75, 3.05) is 32.1 Å². The zero-order valence-electron chi connectivity index (χ0n) is 16.7. The summed E-state index contributed by atoms with van der Waals surface area (Å²) in [6, 6.07) is 13.5. The third-order valence-electron chi connectivity index (χ3n) is 5.48. The lowest BCUT2D eigenvalue weighted by Crippen LogP contribution is -2.31. The predicted octanol–water partition coefficient (Wildman–Crippen LogP) is 4.50. The molecule has 0 amide bonds. The number of thiophene rings is 1. The van der Waals surface area contributed by atoms with Gasteiger partial charge in [0.2, 0.25) is 11.8 Å². The van der Waals surface area contributed by atoms with Gasteiger partial charge in [0.25, 0.3) is 0 Å². The summed E-state index contributed by atoms with van der Waals surface area (Å²) in [5, 5.41) is 10.6. The summed E-state index contributed by atoms with van der Waals surface area (Å²) in [6.45, 7) is 2.20. The SMILES string of the molecule is CN(C)C1CCN(c2ccc(-c3nnc(CCCCc4cccs4)o3)cc2)C1. The van der Waals surface area contributed by atoms with Gasteiger partial charge in [-0.1, -0.05) is 6.07 Å². The van der Waals surface area contributed by atoms with E-state index in [1.165, 1.54) is 17.0 Å². The first-order valence-electron chi connectivity index (χ1n) is 10.1. The van der Waals surface area contributed by atoms with Crippen LogP contribution in [0.5, 0.6) is 0 Å². The van der Waals surface area contributed by atoms with E-state index in [0.717, 1.165) is 50.2 Å². The molecule has 0 bridgehead atoms. The molecule has 1 fully saturated rings. The van der Waals surface area contributed by atoms with Gasteiger partial charge >= 0.3 is 0 Å². The molecular formula is C22H28N4OS. The van der Waals surface area contributed by atoms with Crippen LogP contribution in [0.25, 0.3) is 11.5 Å². The van der Waals surface area contributed by atoms with Gasteiger partial charge in [0, 0.05) is 41.7 Å². The Morgan fingerprint density at radius 3 is 2.64 bits per heavy atom. The van der Waals surface area contributed by atoms with E-state index in [1.807, 2.05) is 11.3 Å². The molecule has 1 unspecified atom stereocenters. The molecule has 6 heteroatoms. The second kappa shape index (κ2) is 8.88. The fourth-order valence-corrected chi connectivity index (χ4v) is 4.47. The minimum absolute atomic E-state index is 0.618. The number of anilines is 1. The maximum absolute atomic E-state index is 5.88. The Kier molecular flexibility index (Phi) is 6.07. The van der Waals surface area contributed by atoms with E-state index < -0.39 is 0 Å². The van der Waals surface area contributed by atoms with E-state index >= 15 is 0 Å². The summed E-state index contributed by atoms with van der Waals surface area (Å²) in [5.74, 6) is 1.35. The first kappa shape index (κ1) is 19.2. The molecule has 3 aromatic rings. The number of rotatable bonds is 8. The van der Waals surface area contributed by atoms with Crippen LogP contribution in [0.4, 0.5) is 5.69 Å². The molecule has 148 valence electrons. The van der Waals surface area contributed by atoms with Crippen molar-refractivity contribution < 1.29 is 4.42 Å². The first-order chi connectivity index (χ1) is 13.7. The van der Waals surface area contributed by atoms with Gasteiger partial charge in [-0.05, 0) is 75.5 Å². The summed E-state index contributed by atoms with van der Waals surface area (Å²) in [6.07, 6.45) is 5.41. The van der Waals surface area contributed by atoms with Gasteiger partial charge in [-0.25, -0.2) is 0 Å². The highest BCUT2D eigenvalue weighted by molar-refractivity contribution is 7.09. The lowest BCUT2D eigenvalue weighted by molar-refractivity contribution is 0.315. The van der Waals surface area contributed by atoms with Crippen LogP contribution >= 0.6 is 11.3 Å². The third kappa shape index (κ3) is 4.62. The van der Waals surface area contributed by atoms with Gasteiger partial charge in [-0.2, -0.15) is 0 Å². The summed E-state index contributed by atoms with van der Waals surface area (Å²) in [5.41, 5.74) is 2.26. The standard InChI is InChI=1S/C22H28N4OS/c1-25(2)19-13-14-26(16-19)18-11-9-17(10-12-18)22-24-23-21(27-22)8-4-3-6-20-7-5-15-28-20/h5,7,9-12,15,19H,3-4,6,8,13-14,16H2,1-2H3. The first-order valence-corrected chi connectivity index (χ1v) is 10.9. The summed E-state index contributed by atoms with van der Waals surface area (Å²) in [4.78, 5) is 6.21. The highest BCUT2D eigenvalue weighted by Crippen LogP contribution is 2.26. The van der Waals surface area contributed by atoms with Gasteiger partial charge in [0.05, 0.1) is 0 Å². The van der Waals surface area contributed by atoms with Gasteiger partial charge in [0.15, 0.2) is 0 Å². The fourth-order valence-electron chi connectivity index (χ4n) is 3.71. The minimum Gasteiger partial charge on any atom is -0.421 e. The number of aromatic nitrogens is 2. The van der Waals surface area contributed by atoms with Crippen molar-refractivity contribution in [3.63, 3.8) is 0 Å². The smallest absolute Gasteiger partial charge is 0.247 e. The molecule has 28 heavy (non-hydrogen) atoms. The zero-order chi connectivity index (χ0) is 19.3. The van der Waals surface area contributed by atoms with E-state index in [1.54, 1.807) is 0 Å². The second-order valence-electron chi connectivity index (χ2n) is 7.69. The normalized spacial score (nSPS) is 17.0. The van der Waals surface area contributed by atoms with Crippen LogP contribution in [0.1, 0.15) is 30.0 Å². The van der Waals surface area contributed by atoms with E-state index in [-0.39, 0.29) is 0 Å². The van der Waals surface area contributed by atoms with Crippen LogP contribution < -0.4 is 4.90 Å². The Balaban J connectivity index is 1.30. The number of aryl methyl sites for hydroxylation is 2. The van der Waals surface area contributed by atoms with Crippen molar-refractivity contribution >= 4 is 17.0 Å². The third-order valence-corrected chi connectivity index (χ3v) is 6.42. The monoisotopic (exact) mass is 396 g/mol. The lowest BCUT2D eigenvalue weighted by Gasteiger charge is -2.21. The van der Waals surface area contributed by atoms with Crippen molar-refractivity contribution in [1.29, 1.82) is 0 Å². The van der Waals surface area contributed by atoms with E-state index in [2.05, 4.69) is 75.9 Å². The molecule has 2 aromatic heterocycles. The van der Waals surface area contributed by atoms with Crippen LogP contribution in [-0.4, -0.2) is 48.3 Å². The molecule has 5 nitrogen and oxygen atoms in total. The number of nitrogens with zero attached hydrogens (tertiary/aromatic N) is 4. The van der Waals surface area contributed by atoms with Gasteiger partial charge in [-0.3, -0.25) is 0 Å². The van der Waals surface area contributed by atoms with E-state index in [0.29, 0.717) is 11.9 Å². The summed E-state index contributed by atoms with van der Waals surface area (Å²) >= 11 is 1.82. The number of hydrogen-bond donors (Lipinski definition) is 0. The number of benzene rings is 1. The molecule has 4 rings (SSSR count). The van der Waals surface area contributed by atoms with Crippen molar-refractivity contribution in [3.05, 3.63) is 52.5 Å². The lowest BCUT2D eigenvalue weighted by atomic mass is 10.2. The largest absolute Gasteiger partial charge is 0.421 e.